The normalized spacial score (nSPS) is 14.5. The van der Waals surface area contributed by atoms with Crippen LogP contribution in [0.15, 0.2) is 20.8 Å². The Morgan fingerprint density at radius 3 is 2.25 bits per heavy atom. The SMILES string of the molecule is C/C=C(I)\C=C(/C)Cl. The molecule has 0 rings (SSSR count). The summed E-state index contributed by atoms with van der Waals surface area (Å²) in [6.45, 7) is 3.85. The lowest BCUT2D eigenvalue weighted by Gasteiger charge is -1.84. The molecule has 8 heavy (non-hydrogen) atoms. The molecule has 0 aliphatic rings. The van der Waals surface area contributed by atoms with E-state index in [0.29, 0.717) is 0 Å². The summed E-state index contributed by atoms with van der Waals surface area (Å²) in [5.41, 5.74) is 0. The molecule has 2 heteroatoms. The van der Waals surface area contributed by atoms with E-state index in [1.807, 2.05) is 26.0 Å². The van der Waals surface area contributed by atoms with E-state index in [1.54, 1.807) is 0 Å². The smallest absolute Gasteiger partial charge is 0.0160 e. The Balaban J connectivity index is 3.89. The number of halogens is 2. The third kappa shape index (κ3) is 4.65. The van der Waals surface area contributed by atoms with Crippen LogP contribution in [0.2, 0.25) is 0 Å². The molecule has 0 N–H and O–H groups in total. The molecule has 0 aromatic heterocycles. The summed E-state index contributed by atoms with van der Waals surface area (Å²) in [4.78, 5) is 0. The molecule has 0 radical (unpaired) electrons. The highest BCUT2D eigenvalue weighted by molar-refractivity contribution is 14.1. The molecule has 0 nitrogen and oxygen atoms in total. The third-order valence-corrected chi connectivity index (χ3v) is 1.66. The average Bonchev–Trinajstić information content (AvgIpc) is 1.65. The molecule has 0 aromatic rings. The van der Waals surface area contributed by atoms with Crippen LogP contribution in [0.5, 0.6) is 0 Å². The fourth-order valence-electron chi connectivity index (χ4n) is 0.273. The molecule has 0 unspecified atom stereocenters. The molecule has 0 saturated carbocycles. The van der Waals surface area contributed by atoms with Crippen molar-refractivity contribution < 1.29 is 0 Å². The fraction of sp³-hybridized carbons (Fsp3) is 0.333. The first-order valence-corrected chi connectivity index (χ1v) is 3.78. The minimum atomic E-state index is 0.826. The summed E-state index contributed by atoms with van der Waals surface area (Å²) in [5.74, 6) is 0. The van der Waals surface area contributed by atoms with Gasteiger partial charge >= 0.3 is 0 Å². The van der Waals surface area contributed by atoms with Crippen molar-refractivity contribution in [3.63, 3.8) is 0 Å². The number of rotatable bonds is 1. The van der Waals surface area contributed by atoms with Crippen molar-refractivity contribution in [1.29, 1.82) is 0 Å². The van der Waals surface area contributed by atoms with E-state index in [1.165, 1.54) is 3.58 Å². The fourth-order valence-corrected chi connectivity index (χ4v) is 1.04. The lowest BCUT2D eigenvalue weighted by atomic mass is 10.5. The zero-order valence-corrected chi connectivity index (χ0v) is 7.82. The molecule has 0 fully saturated rings. The minimum Gasteiger partial charge on any atom is -0.0894 e. The van der Waals surface area contributed by atoms with Crippen LogP contribution < -0.4 is 0 Å². The largest absolute Gasteiger partial charge is 0.0894 e. The third-order valence-electron chi connectivity index (χ3n) is 0.613. The Bertz CT molecular complexity index is 120. The van der Waals surface area contributed by atoms with Crippen LogP contribution in [0.3, 0.4) is 0 Å². The lowest BCUT2D eigenvalue weighted by molar-refractivity contribution is 1.63. The van der Waals surface area contributed by atoms with E-state index in [4.69, 9.17) is 11.6 Å². The second kappa shape index (κ2) is 4.39. The van der Waals surface area contributed by atoms with E-state index in [9.17, 15) is 0 Å². The summed E-state index contributed by atoms with van der Waals surface area (Å²) in [7, 11) is 0. The van der Waals surface area contributed by atoms with Crippen molar-refractivity contribution in [1.82, 2.24) is 0 Å². The van der Waals surface area contributed by atoms with E-state index in [0.717, 1.165) is 5.03 Å². The van der Waals surface area contributed by atoms with Crippen molar-refractivity contribution in [3.05, 3.63) is 20.8 Å². The van der Waals surface area contributed by atoms with Crippen LogP contribution in [0.1, 0.15) is 13.8 Å². The van der Waals surface area contributed by atoms with Gasteiger partial charge in [-0.05, 0) is 42.5 Å². The van der Waals surface area contributed by atoms with Crippen LogP contribution in [0, 0.1) is 0 Å². The second-order valence-corrected chi connectivity index (χ2v) is 3.25. The number of hydrogen-bond acceptors (Lipinski definition) is 0. The maximum Gasteiger partial charge on any atom is 0.0160 e. The molecular formula is C6H8ClI. The van der Waals surface area contributed by atoms with Crippen LogP contribution in [-0.2, 0) is 0 Å². The molecule has 0 atom stereocenters. The number of allylic oxidation sites excluding steroid dienone is 4. The molecule has 0 saturated heterocycles. The molecule has 0 heterocycles. The molecule has 0 aliphatic heterocycles. The van der Waals surface area contributed by atoms with Gasteiger partial charge in [0.1, 0.15) is 0 Å². The molecule has 0 spiro atoms. The van der Waals surface area contributed by atoms with Gasteiger partial charge in [-0.15, -0.1) is 0 Å². The van der Waals surface area contributed by atoms with Gasteiger partial charge in [0.15, 0.2) is 0 Å². The zero-order chi connectivity index (χ0) is 6.57. The predicted molar refractivity (Wildman–Crippen MR) is 47.4 cm³/mol. The average molecular weight is 242 g/mol. The van der Waals surface area contributed by atoms with E-state index < -0.39 is 0 Å². The maximum atomic E-state index is 5.57. The van der Waals surface area contributed by atoms with Gasteiger partial charge in [-0.25, -0.2) is 0 Å². The van der Waals surface area contributed by atoms with Crippen molar-refractivity contribution in [2.75, 3.05) is 0 Å². The summed E-state index contributed by atoms with van der Waals surface area (Å²) >= 11 is 7.79. The first kappa shape index (κ1) is 8.50. The maximum absolute atomic E-state index is 5.57. The van der Waals surface area contributed by atoms with E-state index in [2.05, 4.69) is 22.6 Å². The van der Waals surface area contributed by atoms with Gasteiger partial charge in [0.25, 0.3) is 0 Å². The van der Waals surface area contributed by atoms with Gasteiger partial charge < -0.3 is 0 Å². The minimum absolute atomic E-state index is 0.826. The summed E-state index contributed by atoms with van der Waals surface area (Å²) in [5, 5.41) is 0.826. The van der Waals surface area contributed by atoms with E-state index in [-0.39, 0.29) is 0 Å². The summed E-state index contributed by atoms with van der Waals surface area (Å²) < 4.78 is 1.18. The van der Waals surface area contributed by atoms with Crippen molar-refractivity contribution >= 4 is 34.2 Å². The first-order valence-electron chi connectivity index (χ1n) is 2.32. The molecule has 0 aliphatic carbocycles. The van der Waals surface area contributed by atoms with Gasteiger partial charge in [-0.3, -0.25) is 0 Å². The van der Waals surface area contributed by atoms with Gasteiger partial charge in [-0.1, -0.05) is 17.7 Å². The molecule has 46 valence electrons. The molecule has 0 bridgehead atoms. The molecule has 0 amide bonds. The highest BCUT2D eigenvalue weighted by atomic mass is 127. The molecule has 0 aromatic carbocycles. The Morgan fingerprint density at radius 1 is 1.62 bits per heavy atom. The topological polar surface area (TPSA) is 0 Å². The Morgan fingerprint density at radius 2 is 2.12 bits per heavy atom. The quantitative estimate of drug-likeness (QED) is 0.488. The number of hydrogen-bond donors (Lipinski definition) is 0. The first-order chi connectivity index (χ1) is 3.66. The van der Waals surface area contributed by atoms with Crippen LogP contribution in [-0.4, -0.2) is 0 Å². The van der Waals surface area contributed by atoms with Crippen molar-refractivity contribution in [2.45, 2.75) is 13.8 Å². The van der Waals surface area contributed by atoms with Crippen molar-refractivity contribution in [2.24, 2.45) is 0 Å². The highest BCUT2D eigenvalue weighted by Gasteiger charge is 1.81. The summed E-state index contributed by atoms with van der Waals surface area (Å²) in [6, 6.07) is 0. The Kier molecular flexibility index (Phi) is 4.66. The Hall–Kier alpha value is 0.500. The predicted octanol–water partition coefficient (Wildman–Crippen LogP) is 3.47. The van der Waals surface area contributed by atoms with Gasteiger partial charge in [0, 0.05) is 8.61 Å². The van der Waals surface area contributed by atoms with Gasteiger partial charge in [-0.2, -0.15) is 0 Å². The van der Waals surface area contributed by atoms with Crippen molar-refractivity contribution in [3.8, 4) is 0 Å². The standard InChI is InChI=1S/C6H8ClI/c1-3-6(8)4-5(2)7/h3-4H,1-2H3/b5-4+,6-3+. The van der Waals surface area contributed by atoms with Gasteiger partial charge in [0.2, 0.25) is 0 Å². The zero-order valence-electron chi connectivity index (χ0n) is 4.91. The Labute approximate surface area is 68.7 Å². The second-order valence-electron chi connectivity index (χ2n) is 1.40. The van der Waals surface area contributed by atoms with E-state index >= 15 is 0 Å². The highest BCUT2D eigenvalue weighted by Crippen LogP contribution is 2.11. The molecular weight excluding hydrogens is 234 g/mol. The monoisotopic (exact) mass is 242 g/mol. The van der Waals surface area contributed by atoms with Crippen LogP contribution in [0.25, 0.3) is 0 Å². The van der Waals surface area contributed by atoms with Crippen LogP contribution in [0.4, 0.5) is 0 Å². The lowest BCUT2D eigenvalue weighted by Crippen LogP contribution is -1.60. The van der Waals surface area contributed by atoms with Crippen LogP contribution >= 0.6 is 34.2 Å². The summed E-state index contributed by atoms with van der Waals surface area (Å²) in [6.07, 6.45) is 3.93. The van der Waals surface area contributed by atoms with Gasteiger partial charge in [0.05, 0.1) is 0 Å².